The molecule has 2 aliphatic rings. The zero-order valence-corrected chi connectivity index (χ0v) is 12.5. The van der Waals surface area contributed by atoms with Gasteiger partial charge in [-0.25, -0.2) is 0 Å². The van der Waals surface area contributed by atoms with Crippen molar-refractivity contribution in [2.75, 3.05) is 20.2 Å². The Labute approximate surface area is 124 Å². The van der Waals surface area contributed by atoms with E-state index in [2.05, 4.69) is 0 Å². The van der Waals surface area contributed by atoms with Crippen LogP contribution in [0.25, 0.3) is 0 Å². The summed E-state index contributed by atoms with van der Waals surface area (Å²) in [6.45, 7) is 0.955. The minimum absolute atomic E-state index is 0.0236. The molecule has 1 heterocycles. The zero-order chi connectivity index (χ0) is 15.5. The largest absolute Gasteiger partial charge is 0.481 e. The number of carbonyl (C=O) groups excluding carboxylic acids is 2. The van der Waals surface area contributed by atoms with E-state index in [1.807, 2.05) is 0 Å². The molecule has 1 saturated heterocycles. The minimum atomic E-state index is -0.835. The van der Waals surface area contributed by atoms with E-state index in [9.17, 15) is 14.4 Å². The predicted molar refractivity (Wildman–Crippen MR) is 74.5 cm³/mol. The molecular weight excluding hydrogens is 274 g/mol. The maximum absolute atomic E-state index is 12.4. The van der Waals surface area contributed by atoms with Crippen LogP contribution in [-0.4, -0.2) is 48.1 Å². The molecule has 6 heteroatoms. The van der Waals surface area contributed by atoms with Gasteiger partial charge in [0.2, 0.25) is 5.91 Å². The number of methoxy groups -OCH3 is 1. The molecule has 0 bridgehead atoms. The van der Waals surface area contributed by atoms with Crippen LogP contribution < -0.4 is 0 Å². The molecule has 21 heavy (non-hydrogen) atoms. The summed E-state index contributed by atoms with van der Waals surface area (Å²) in [6.07, 6.45) is 4.57. The Morgan fingerprint density at radius 3 is 2.48 bits per heavy atom. The molecule has 0 radical (unpaired) electrons. The average molecular weight is 297 g/mol. The third kappa shape index (κ3) is 3.74. The number of nitrogens with zero attached hydrogens (tertiary/aromatic N) is 1. The van der Waals surface area contributed by atoms with Crippen LogP contribution in [0.4, 0.5) is 0 Å². The van der Waals surface area contributed by atoms with Crippen molar-refractivity contribution in [3.05, 3.63) is 0 Å². The molecule has 1 atom stereocenters. The van der Waals surface area contributed by atoms with E-state index in [1.54, 1.807) is 4.90 Å². The summed E-state index contributed by atoms with van der Waals surface area (Å²) < 4.78 is 4.71. The Morgan fingerprint density at radius 1 is 1.24 bits per heavy atom. The molecule has 1 aliphatic heterocycles. The van der Waals surface area contributed by atoms with Crippen molar-refractivity contribution in [1.82, 2.24) is 4.90 Å². The van der Waals surface area contributed by atoms with Crippen LogP contribution in [-0.2, 0) is 19.1 Å². The summed E-state index contributed by atoms with van der Waals surface area (Å²) >= 11 is 0. The summed E-state index contributed by atoms with van der Waals surface area (Å²) in [5.41, 5.74) is -0.383. The molecule has 0 aromatic carbocycles. The number of likely N-dealkylation sites (tertiary alicyclic amines) is 1. The second kappa shape index (κ2) is 6.45. The lowest BCUT2D eigenvalue weighted by atomic mass is 9.79. The first-order chi connectivity index (χ1) is 9.96. The molecule has 0 aromatic heterocycles. The van der Waals surface area contributed by atoms with E-state index in [0.717, 1.165) is 25.7 Å². The van der Waals surface area contributed by atoms with Gasteiger partial charge in [-0.3, -0.25) is 14.4 Å². The van der Waals surface area contributed by atoms with E-state index in [1.165, 1.54) is 7.11 Å². The minimum Gasteiger partial charge on any atom is -0.481 e. The number of rotatable bonds is 5. The number of carbonyl (C=O) groups is 3. The number of hydrogen-bond acceptors (Lipinski definition) is 4. The molecule has 1 amide bonds. The second-order valence-electron chi connectivity index (χ2n) is 6.30. The number of hydrogen-bond donors (Lipinski definition) is 1. The Balaban J connectivity index is 1.94. The molecular formula is C15H23NO5. The Kier molecular flexibility index (Phi) is 4.85. The van der Waals surface area contributed by atoms with Gasteiger partial charge >= 0.3 is 11.9 Å². The summed E-state index contributed by atoms with van der Waals surface area (Å²) in [5.74, 6) is -1.37. The van der Waals surface area contributed by atoms with Crippen LogP contribution in [0.5, 0.6) is 0 Å². The van der Waals surface area contributed by atoms with Crippen LogP contribution in [0.2, 0.25) is 0 Å². The van der Waals surface area contributed by atoms with E-state index in [-0.39, 0.29) is 36.1 Å². The van der Waals surface area contributed by atoms with Crippen molar-refractivity contribution >= 4 is 17.8 Å². The molecule has 1 saturated carbocycles. The number of amides is 1. The van der Waals surface area contributed by atoms with Gasteiger partial charge in [-0.1, -0.05) is 12.8 Å². The van der Waals surface area contributed by atoms with E-state index in [0.29, 0.717) is 19.5 Å². The number of aliphatic carboxylic acids is 1. The van der Waals surface area contributed by atoms with Gasteiger partial charge in [-0.2, -0.15) is 0 Å². The van der Waals surface area contributed by atoms with Gasteiger partial charge in [0.05, 0.1) is 19.4 Å². The predicted octanol–water partition coefficient (Wildman–Crippen LogP) is 1.43. The number of carboxylic acid groups (broad SMARTS) is 1. The Morgan fingerprint density at radius 2 is 1.90 bits per heavy atom. The average Bonchev–Trinajstić information content (AvgIpc) is 3.06. The topological polar surface area (TPSA) is 83.9 Å². The lowest BCUT2D eigenvalue weighted by Gasteiger charge is -2.29. The van der Waals surface area contributed by atoms with Gasteiger partial charge in [0.1, 0.15) is 0 Å². The smallest absolute Gasteiger partial charge is 0.310 e. The number of esters is 1. The van der Waals surface area contributed by atoms with Crippen LogP contribution in [0.15, 0.2) is 0 Å². The van der Waals surface area contributed by atoms with Crippen LogP contribution >= 0.6 is 0 Å². The Hall–Kier alpha value is -1.59. The fourth-order valence-corrected chi connectivity index (χ4v) is 3.64. The fraction of sp³-hybridized carbons (Fsp3) is 0.800. The maximum Gasteiger partial charge on any atom is 0.310 e. The first-order valence-electron chi connectivity index (χ1n) is 7.53. The van der Waals surface area contributed by atoms with Crippen molar-refractivity contribution in [3.63, 3.8) is 0 Å². The van der Waals surface area contributed by atoms with E-state index >= 15 is 0 Å². The lowest BCUT2D eigenvalue weighted by molar-refractivity contribution is -0.145. The highest BCUT2D eigenvalue weighted by molar-refractivity contribution is 5.80. The Bertz CT molecular complexity index is 428. The zero-order valence-electron chi connectivity index (χ0n) is 12.5. The molecule has 2 rings (SSSR count). The summed E-state index contributed by atoms with van der Waals surface area (Å²) in [6, 6.07) is 0. The van der Waals surface area contributed by atoms with Crippen molar-refractivity contribution < 1.29 is 24.2 Å². The standard InChI is InChI=1S/C15H23NO5/c1-21-14(20)11-4-7-16(10-11)12(17)8-15(9-13(18)19)5-2-3-6-15/h11H,2-10H2,1H3,(H,18,19). The van der Waals surface area contributed by atoms with Crippen molar-refractivity contribution in [2.45, 2.75) is 44.9 Å². The number of carboxylic acids is 1. The van der Waals surface area contributed by atoms with Gasteiger partial charge in [0.15, 0.2) is 0 Å². The first kappa shape index (κ1) is 15.8. The van der Waals surface area contributed by atoms with E-state index in [4.69, 9.17) is 9.84 Å². The monoisotopic (exact) mass is 297 g/mol. The van der Waals surface area contributed by atoms with Crippen molar-refractivity contribution in [3.8, 4) is 0 Å². The van der Waals surface area contributed by atoms with Crippen LogP contribution in [0.1, 0.15) is 44.9 Å². The highest BCUT2D eigenvalue weighted by Crippen LogP contribution is 2.44. The molecule has 2 fully saturated rings. The molecule has 0 aromatic rings. The van der Waals surface area contributed by atoms with Crippen LogP contribution in [0, 0.1) is 11.3 Å². The normalized spacial score (nSPS) is 24.0. The van der Waals surface area contributed by atoms with Gasteiger partial charge < -0.3 is 14.7 Å². The molecule has 6 nitrogen and oxygen atoms in total. The highest BCUT2D eigenvalue weighted by atomic mass is 16.5. The number of ether oxygens (including phenoxy) is 1. The summed E-state index contributed by atoms with van der Waals surface area (Å²) in [4.78, 5) is 36.7. The molecule has 1 unspecified atom stereocenters. The van der Waals surface area contributed by atoms with Crippen molar-refractivity contribution in [1.29, 1.82) is 0 Å². The van der Waals surface area contributed by atoms with Gasteiger partial charge in [-0.05, 0) is 24.7 Å². The summed E-state index contributed by atoms with van der Waals surface area (Å²) in [5, 5.41) is 9.08. The molecule has 118 valence electrons. The maximum atomic E-state index is 12.4. The first-order valence-corrected chi connectivity index (χ1v) is 7.53. The third-order valence-corrected chi connectivity index (χ3v) is 4.79. The molecule has 1 aliphatic carbocycles. The van der Waals surface area contributed by atoms with E-state index < -0.39 is 5.97 Å². The van der Waals surface area contributed by atoms with Crippen molar-refractivity contribution in [2.24, 2.45) is 11.3 Å². The fourth-order valence-electron chi connectivity index (χ4n) is 3.64. The quantitative estimate of drug-likeness (QED) is 0.776. The lowest BCUT2D eigenvalue weighted by Crippen LogP contribution is -2.35. The molecule has 0 spiro atoms. The highest BCUT2D eigenvalue weighted by Gasteiger charge is 2.40. The van der Waals surface area contributed by atoms with Gasteiger partial charge in [0, 0.05) is 19.5 Å². The SMILES string of the molecule is COC(=O)C1CCN(C(=O)CC2(CC(=O)O)CCCC2)C1. The molecule has 1 N–H and O–H groups in total. The summed E-state index contributed by atoms with van der Waals surface area (Å²) in [7, 11) is 1.35. The third-order valence-electron chi connectivity index (χ3n) is 4.79. The van der Waals surface area contributed by atoms with Crippen LogP contribution in [0.3, 0.4) is 0 Å². The van der Waals surface area contributed by atoms with Gasteiger partial charge in [-0.15, -0.1) is 0 Å². The van der Waals surface area contributed by atoms with Gasteiger partial charge in [0.25, 0.3) is 0 Å². The second-order valence-corrected chi connectivity index (χ2v) is 6.30.